The average molecular weight is 300 g/mol. The summed E-state index contributed by atoms with van der Waals surface area (Å²) in [7, 11) is 0. The molecule has 0 aromatic carbocycles. The van der Waals surface area contributed by atoms with Gasteiger partial charge in [-0.15, -0.1) is 0 Å². The molecule has 0 spiro atoms. The van der Waals surface area contributed by atoms with Crippen molar-refractivity contribution in [1.29, 1.82) is 0 Å². The van der Waals surface area contributed by atoms with Crippen molar-refractivity contribution in [2.45, 2.75) is 66.9 Å². The van der Waals surface area contributed by atoms with Crippen LogP contribution in [0.25, 0.3) is 0 Å². The predicted molar refractivity (Wildman–Crippen MR) is 97.8 cm³/mol. The van der Waals surface area contributed by atoms with E-state index < -0.39 is 6.10 Å². The van der Waals surface area contributed by atoms with Crippen LogP contribution in [0, 0.1) is 5.41 Å². The first-order valence-electron chi connectivity index (χ1n) is 8.32. The zero-order valence-electron chi connectivity index (χ0n) is 15.1. The number of hydrogen-bond acceptors (Lipinski definition) is 1. The molecule has 0 aromatic heterocycles. The van der Waals surface area contributed by atoms with E-state index in [2.05, 4.69) is 45.9 Å². The van der Waals surface area contributed by atoms with Gasteiger partial charge in [-0.2, -0.15) is 0 Å². The lowest BCUT2D eigenvalue weighted by Gasteiger charge is -2.32. The molecule has 0 saturated heterocycles. The van der Waals surface area contributed by atoms with Gasteiger partial charge in [0.2, 0.25) is 0 Å². The molecule has 1 N–H and O–H groups in total. The molecule has 1 heteroatoms. The minimum absolute atomic E-state index is 0.297. The molecule has 1 aliphatic rings. The molecule has 0 aliphatic heterocycles. The molecule has 0 amide bonds. The van der Waals surface area contributed by atoms with E-state index in [-0.39, 0.29) is 0 Å². The average Bonchev–Trinajstić information content (AvgIpc) is 2.36. The highest BCUT2D eigenvalue weighted by Crippen LogP contribution is 2.40. The van der Waals surface area contributed by atoms with E-state index in [0.717, 1.165) is 5.57 Å². The molecule has 0 radical (unpaired) electrons. The van der Waals surface area contributed by atoms with Crippen molar-refractivity contribution in [2.24, 2.45) is 5.41 Å². The molecule has 0 saturated carbocycles. The van der Waals surface area contributed by atoms with E-state index >= 15 is 0 Å². The highest BCUT2D eigenvalue weighted by Gasteiger charge is 2.26. The summed E-state index contributed by atoms with van der Waals surface area (Å²) in [5.74, 6) is 0. The maximum atomic E-state index is 9.29. The minimum Gasteiger partial charge on any atom is -0.389 e. The number of hydrogen-bond donors (Lipinski definition) is 1. The van der Waals surface area contributed by atoms with Crippen LogP contribution in [0.15, 0.2) is 58.7 Å². The fourth-order valence-electron chi connectivity index (χ4n) is 3.07. The Morgan fingerprint density at radius 3 is 2.45 bits per heavy atom. The minimum atomic E-state index is -0.391. The second-order valence-electron chi connectivity index (χ2n) is 7.19. The monoisotopic (exact) mass is 300 g/mol. The van der Waals surface area contributed by atoms with Crippen molar-refractivity contribution >= 4 is 0 Å². The third-order valence-electron chi connectivity index (χ3n) is 4.28. The van der Waals surface area contributed by atoms with E-state index in [4.69, 9.17) is 0 Å². The Bertz CT molecular complexity index is 522. The van der Waals surface area contributed by atoms with E-state index in [1.165, 1.54) is 36.0 Å². The lowest BCUT2D eigenvalue weighted by atomic mass is 9.72. The topological polar surface area (TPSA) is 20.2 Å². The summed E-state index contributed by atoms with van der Waals surface area (Å²) in [6.45, 7) is 12.9. The van der Waals surface area contributed by atoms with E-state index in [9.17, 15) is 5.11 Å². The van der Waals surface area contributed by atoms with E-state index in [0.29, 0.717) is 5.41 Å². The molecule has 122 valence electrons. The Balaban J connectivity index is 2.77. The number of rotatable bonds is 5. The second-order valence-corrected chi connectivity index (χ2v) is 7.19. The highest BCUT2D eigenvalue weighted by molar-refractivity contribution is 5.37. The molecule has 1 unspecified atom stereocenters. The van der Waals surface area contributed by atoms with Gasteiger partial charge in [0, 0.05) is 0 Å². The fourth-order valence-corrected chi connectivity index (χ4v) is 3.07. The molecule has 0 aromatic rings. The van der Waals surface area contributed by atoms with Gasteiger partial charge >= 0.3 is 0 Å². The summed E-state index contributed by atoms with van der Waals surface area (Å²) in [6, 6.07) is 0. The van der Waals surface area contributed by atoms with Crippen molar-refractivity contribution in [1.82, 2.24) is 0 Å². The molecule has 1 nitrogen and oxygen atoms in total. The zero-order valence-corrected chi connectivity index (χ0v) is 15.1. The Morgan fingerprint density at radius 1 is 1.18 bits per heavy atom. The maximum Gasteiger partial charge on any atom is 0.0698 e. The molecular weight excluding hydrogens is 268 g/mol. The van der Waals surface area contributed by atoms with Gasteiger partial charge in [0.1, 0.15) is 0 Å². The number of aliphatic hydroxyl groups excluding tert-OH is 1. The van der Waals surface area contributed by atoms with Crippen molar-refractivity contribution in [3.63, 3.8) is 0 Å². The third kappa shape index (κ3) is 6.19. The Morgan fingerprint density at radius 2 is 1.86 bits per heavy atom. The molecule has 1 aliphatic carbocycles. The van der Waals surface area contributed by atoms with Crippen LogP contribution in [-0.2, 0) is 0 Å². The smallest absolute Gasteiger partial charge is 0.0698 e. The van der Waals surface area contributed by atoms with Gasteiger partial charge < -0.3 is 5.11 Å². The lowest BCUT2D eigenvalue weighted by Crippen LogP contribution is -2.19. The normalized spacial score (nSPS) is 22.0. The van der Waals surface area contributed by atoms with Crippen LogP contribution in [0.2, 0.25) is 0 Å². The molecule has 1 atom stereocenters. The van der Waals surface area contributed by atoms with Crippen LogP contribution < -0.4 is 0 Å². The van der Waals surface area contributed by atoms with Gasteiger partial charge in [0.05, 0.1) is 6.10 Å². The summed E-state index contributed by atoms with van der Waals surface area (Å²) < 4.78 is 0. The lowest BCUT2D eigenvalue weighted by molar-refractivity contribution is 0.243. The molecule has 0 bridgehead atoms. The Labute approximate surface area is 136 Å². The Hall–Kier alpha value is -1.34. The van der Waals surface area contributed by atoms with Crippen molar-refractivity contribution in [2.75, 3.05) is 0 Å². The molecule has 1 rings (SSSR count). The van der Waals surface area contributed by atoms with Crippen LogP contribution in [-0.4, -0.2) is 11.2 Å². The molecular formula is C21H32O. The summed E-state index contributed by atoms with van der Waals surface area (Å²) in [5, 5.41) is 9.29. The third-order valence-corrected chi connectivity index (χ3v) is 4.28. The van der Waals surface area contributed by atoms with E-state index in [1.807, 2.05) is 25.2 Å². The summed E-state index contributed by atoms with van der Waals surface area (Å²) >= 11 is 0. The maximum absolute atomic E-state index is 9.29. The van der Waals surface area contributed by atoms with E-state index in [1.54, 1.807) is 6.92 Å². The van der Waals surface area contributed by atoms with Crippen molar-refractivity contribution in [3.05, 3.63) is 58.7 Å². The van der Waals surface area contributed by atoms with Crippen LogP contribution in [0.5, 0.6) is 0 Å². The first-order valence-corrected chi connectivity index (χ1v) is 8.32. The van der Waals surface area contributed by atoms with Crippen LogP contribution >= 0.6 is 0 Å². The summed E-state index contributed by atoms with van der Waals surface area (Å²) in [6.07, 6.45) is 16.0. The van der Waals surface area contributed by atoms with Gasteiger partial charge in [-0.1, -0.05) is 67.0 Å². The first-order chi connectivity index (χ1) is 10.2. The molecule has 22 heavy (non-hydrogen) atoms. The standard InChI is InChI=1S/C21H32O/c1-16(9-7-10-17(2)15-19(4)22)12-13-20-18(3)11-8-14-21(20,5)6/h7,9-10,12-13,15,19,22H,8,11,14H2,1-6H3. The van der Waals surface area contributed by atoms with Gasteiger partial charge in [-0.3, -0.25) is 0 Å². The summed E-state index contributed by atoms with van der Waals surface area (Å²) in [4.78, 5) is 0. The van der Waals surface area contributed by atoms with Gasteiger partial charge in [-0.25, -0.2) is 0 Å². The van der Waals surface area contributed by atoms with Gasteiger partial charge in [-0.05, 0) is 57.9 Å². The number of aliphatic hydroxyl groups is 1. The Kier molecular flexibility index (Phi) is 7.09. The predicted octanol–water partition coefficient (Wildman–Crippen LogP) is 5.90. The highest BCUT2D eigenvalue weighted by atomic mass is 16.3. The largest absolute Gasteiger partial charge is 0.389 e. The first kappa shape index (κ1) is 18.7. The van der Waals surface area contributed by atoms with Crippen LogP contribution in [0.3, 0.4) is 0 Å². The van der Waals surface area contributed by atoms with Gasteiger partial charge in [0.15, 0.2) is 0 Å². The second kappa shape index (κ2) is 8.33. The SMILES string of the molecule is CC(C=CC1=C(C)CCCC1(C)C)=CC=CC(C)=CC(C)O. The van der Waals surface area contributed by atoms with Crippen LogP contribution in [0.1, 0.15) is 60.8 Å². The van der Waals surface area contributed by atoms with Crippen molar-refractivity contribution < 1.29 is 5.11 Å². The molecule has 0 fully saturated rings. The zero-order chi connectivity index (χ0) is 16.8. The van der Waals surface area contributed by atoms with Crippen LogP contribution in [0.4, 0.5) is 0 Å². The van der Waals surface area contributed by atoms with Gasteiger partial charge in [0.25, 0.3) is 0 Å². The van der Waals surface area contributed by atoms with Crippen molar-refractivity contribution in [3.8, 4) is 0 Å². The molecule has 0 heterocycles. The number of allylic oxidation sites excluding steroid dienone is 9. The fraction of sp³-hybridized carbons (Fsp3) is 0.524. The summed E-state index contributed by atoms with van der Waals surface area (Å²) in [5.41, 5.74) is 5.65. The quantitative estimate of drug-likeness (QED) is 0.627.